The molecule has 0 N–H and O–H groups in total. The van der Waals surface area contributed by atoms with Crippen LogP contribution in [0.5, 0.6) is 0 Å². The second-order valence-electron chi connectivity index (χ2n) is 6.18. The molecule has 0 radical (unpaired) electrons. The number of halogens is 1. The Kier molecular flexibility index (Phi) is 5.12. The zero-order valence-corrected chi connectivity index (χ0v) is 14.0. The van der Waals surface area contributed by atoms with Gasteiger partial charge in [-0.1, -0.05) is 37.3 Å². The summed E-state index contributed by atoms with van der Waals surface area (Å²) in [5.41, 5.74) is 3.65. The Labute approximate surface area is 143 Å². The quantitative estimate of drug-likeness (QED) is 0.779. The number of anilines is 1. The van der Waals surface area contributed by atoms with E-state index in [2.05, 4.69) is 45.8 Å². The highest BCUT2D eigenvalue weighted by atomic mass is 19.1. The summed E-state index contributed by atoms with van der Waals surface area (Å²) in [5, 5.41) is 0. The van der Waals surface area contributed by atoms with E-state index in [1.54, 1.807) is 12.1 Å². The highest BCUT2D eigenvalue weighted by molar-refractivity contribution is 5.57. The fourth-order valence-corrected chi connectivity index (χ4v) is 3.11. The van der Waals surface area contributed by atoms with Crippen molar-refractivity contribution in [3.05, 3.63) is 70.8 Å². The van der Waals surface area contributed by atoms with Gasteiger partial charge in [0.2, 0.25) is 0 Å². The summed E-state index contributed by atoms with van der Waals surface area (Å²) >= 11 is 0. The van der Waals surface area contributed by atoms with E-state index in [0.29, 0.717) is 11.4 Å². The molecule has 3 rings (SSSR count). The van der Waals surface area contributed by atoms with Crippen LogP contribution in [0.2, 0.25) is 0 Å². The van der Waals surface area contributed by atoms with E-state index in [-0.39, 0.29) is 5.82 Å². The maximum atomic E-state index is 14.1. The molecule has 1 heterocycles. The minimum Gasteiger partial charge on any atom is -0.367 e. The van der Waals surface area contributed by atoms with Crippen LogP contribution in [-0.2, 0) is 13.0 Å². The molecule has 1 aliphatic rings. The lowest BCUT2D eigenvalue weighted by atomic mass is 10.1. The predicted molar refractivity (Wildman–Crippen MR) is 96.0 cm³/mol. The monoisotopic (exact) mass is 323 g/mol. The van der Waals surface area contributed by atoms with Gasteiger partial charge in [-0.2, -0.15) is 0 Å². The van der Waals surface area contributed by atoms with Gasteiger partial charge in [0.15, 0.2) is 5.69 Å². The maximum Gasteiger partial charge on any atom is 0.190 e. The molecule has 0 spiro atoms. The van der Waals surface area contributed by atoms with Crippen molar-refractivity contribution < 1.29 is 4.39 Å². The van der Waals surface area contributed by atoms with Crippen LogP contribution in [0.15, 0.2) is 42.5 Å². The molecule has 1 fully saturated rings. The van der Waals surface area contributed by atoms with Crippen molar-refractivity contribution >= 4 is 11.4 Å². The summed E-state index contributed by atoms with van der Waals surface area (Å²) in [4.78, 5) is 7.75. The molecule has 2 aromatic carbocycles. The molecule has 4 heteroatoms. The van der Waals surface area contributed by atoms with Gasteiger partial charge < -0.3 is 4.90 Å². The number of rotatable bonds is 4. The van der Waals surface area contributed by atoms with Gasteiger partial charge in [-0.15, -0.1) is 0 Å². The maximum absolute atomic E-state index is 14.1. The molecular formula is C20H22FN3. The summed E-state index contributed by atoms with van der Waals surface area (Å²) < 4.78 is 14.1. The van der Waals surface area contributed by atoms with Crippen LogP contribution in [0, 0.1) is 12.4 Å². The third-order valence-corrected chi connectivity index (χ3v) is 4.61. The molecule has 0 unspecified atom stereocenters. The van der Waals surface area contributed by atoms with Crippen molar-refractivity contribution in [2.45, 2.75) is 19.9 Å². The van der Waals surface area contributed by atoms with Gasteiger partial charge in [0, 0.05) is 32.7 Å². The number of hydrogen-bond acceptors (Lipinski definition) is 2. The molecule has 0 bridgehead atoms. The van der Waals surface area contributed by atoms with E-state index in [1.165, 1.54) is 17.2 Å². The first-order chi connectivity index (χ1) is 11.7. The third kappa shape index (κ3) is 3.74. The second kappa shape index (κ2) is 7.46. The average molecular weight is 323 g/mol. The zero-order valence-electron chi connectivity index (χ0n) is 14.0. The summed E-state index contributed by atoms with van der Waals surface area (Å²) in [6, 6.07) is 13.5. The topological polar surface area (TPSA) is 10.8 Å². The molecular weight excluding hydrogens is 301 g/mol. The minimum atomic E-state index is -0.299. The Bertz CT molecular complexity index is 726. The third-order valence-electron chi connectivity index (χ3n) is 4.61. The van der Waals surface area contributed by atoms with Crippen LogP contribution in [0.3, 0.4) is 0 Å². The molecule has 3 nitrogen and oxygen atoms in total. The molecule has 24 heavy (non-hydrogen) atoms. The van der Waals surface area contributed by atoms with Gasteiger partial charge in [-0.3, -0.25) is 4.90 Å². The van der Waals surface area contributed by atoms with Crippen molar-refractivity contribution in [3.8, 4) is 0 Å². The Morgan fingerprint density at radius 1 is 1.00 bits per heavy atom. The number of aryl methyl sites for hydroxylation is 1. The molecule has 1 aliphatic heterocycles. The van der Waals surface area contributed by atoms with Gasteiger partial charge in [0.05, 0.1) is 12.3 Å². The van der Waals surface area contributed by atoms with Crippen molar-refractivity contribution in [2.24, 2.45) is 0 Å². The summed E-state index contributed by atoms with van der Waals surface area (Å²) in [6.07, 6.45) is 1.07. The number of hydrogen-bond donors (Lipinski definition) is 0. The molecule has 0 atom stereocenters. The van der Waals surface area contributed by atoms with Crippen LogP contribution in [0.4, 0.5) is 15.8 Å². The van der Waals surface area contributed by atoms with Crippen molar-refractivity contribution in [3.63, 3.8) is 0 Å². The van der Waals surface area contributed by atoms with Crippen LogP contribution >= 0.6 is 0 Å². The first-order valence-electron chi connectivity index (χ1n) is 8.41. The molecule has 2 aromatic rings. The van der Waals surface area contributed by atoms with Crippen molar-refractivity contribution in [2.75, 3.05) is 31.1 Å². The van der Waals surface area contributed by atoms with E-state index in [1.807, 2.05) is 0 Å². The SMILES string of the molecule is [C-]#[N+]c1ccc(N2CCN(Cc3ccc(CC)cc3)CC2)c(F)c1. The van der Waals surface area contributed by atoms with E-state index in [4.69, 9.17) is 6.57 Å². The summed E-state index contributed by atoms with van der Waals surface area (Å²) in [5.74, 6) is -0.299. The molecule has 0 aromatic heterocycles. The van der Waals surface area contributed by atoms with E-state index in [9.17, 15) is 4.39 Å². The number of benzene rings is 2. The number of piperazine rings is 1. The Morgan fingerprint density at radius 3 is 2.25 bits per heavy atom. The van der Waals surface area contributed by atoms with Crippen molar-refractivity contribution in [1.82, 2.24) is 4.90 Å². The standard InChI is InChI=1S/C20H22FN3/c1-3-16-4-6-17(7-5-16)15-23-10-12-24(13-11-23)20-9-8-18(22-2)14-19(20)21/h4-9,14H,3,10-13,15H2,1H3. The van der Waals surface area contributed by atoms with Gasteiger partial charge in [0.25, 0.3) is 0 Å². The average Bonchev–Trinajstić information content (AvgIpc) is 2.63. The predicted octanol–water partition coefficient (Wildman–Crippen LogP) is 4.26. The normalized spacial score (nSPS) is 15.3. The van der Waals surface area contributed by atoms with Crippen LogP contribution < -0.4 is 4.90 Å². The van der Waals surface area contributed by atoms with E-state index >= 15 is 0 Å². The zero-order chi connectivity index (χ0) is 16.9. The van der Waals surface area contributed by atoms with Gasteiger partial charge in [-0.25, -0.2) is 9.24 Å². The molecule has 1 saturated heterocycles. The second-order valence-corrected chi connectivity index (χ2v) is 6.18. The highest BCUT2D eigenvalue weighted by Gasteiger charge is 2.19. The molecule has 0 saturated carbocycles. The first kappa shape index (κ1) is 16.5. The van der Waals surface area contributed by atoms with Crippen molar-refractivity contribution in [1.29, 1.82) is 0 Å². The van der Waals surface area contributed by atoms with Crippen LogP contribution in [0.25, 0.3) is 4.85 Å². The molecule has 0 aliphatic carbocycles. The summed E-state index contributed by atoms with van der Waals surface area (Å²) in [6.45, 7) is 13.5. The lowest BCUT2D eigenvalue weighted by molar-refractivity contribution is 0.249. The van der Waals surface area contributed by atoms with Gasteiger partial charge in [-0.05, 0) is 29.7 Å². The largest absolute Gasteiger partial charge is 0.367 e. The summed E-state index contributed by atoms with van der Waals surface area (Å²) in [7, 11) is 0. The van der Waals surface area contributed by atoms with Crippen LogP contribution in [0.1, 0.15) is 18.1 Å². The van der Waals surface area contributed by atoms with Gasteiger partial charge >= 0.3 is 0 Å². The first-order valence-corrected chi connectivity index (χ1v) is 8.41. The van der Waals surface area contributed by atoms with E-state index < -0.39 is 0 Å². The lowest BCUT2D eigenvalue weighted by Crippen LogP contribution is -2.46. The van der Waals surface area contributed by atoms with Gasteiger partial charge in [0.1, 0.15) is 5.82 Å². The van der Waals surface area contributed by atoms with E-state index in [0.717, 1.165) is 39.1 Å². The Hall–Kier alpha value is -2.38. The lowest BCUT2D eigenvalue weighted by Gasteiger charge is -2.36. The molecule has 124 valence electrons. The fourth-order valence-electron chi connectivity index (χ4n) is 3.11. The fraction of sp³-hybridized carbons (Fsp3) is 0.350. The highest BCUT2D eigenvalue weighted by Crippen LogP contribution is 2.25. The Morgan fingerprint density at radius 2 is 1.67 bits per heavy atom. The minimum absolute atomic E-state index is 0.299. The smallest absolute Gasteiger partial charge is 0.190 e. The molecule has 0 amide bonds. The number of nitrogens with zero attached hydrogens (tertiary/aromatic N) is 3. The van der Waals surface area contributed by atoms with Crippen LogP contribution in [-0.4, -0.2) is 31.1 Å². The Balaban J connectivity index is 1.58.